The Kier molecular flexibility index (Phi) is 48.7. The highest BCUT2D eigenvalue weighted by Gasteiger charge is 2.53. The Morgan fingerprint density at radius 1 is 0.396 bits per heavy atom. The van der Waals surface area contributed by atoms with E-state index in [0.717, 1.165) is 51.4 Å². The van der Waals surface area contributed by atoms with Gasteiger partial charge in [0.2, 0.25) is 5.91 Å². The predicted molar refractivity (Wildman–Crippen MR) is 355 cm³/mol. The van der Waals surface area contributed by atoms with Gasteiger partial charge in [-0.05, 0) is 70.6 Å². The molecule has 3 saturated heterocycles. The molecule has 0 spiro atoms. The second-order valence-electron chi connectivity index (χ2n) is 25.7. The molecule has 530 valence electrons. The van der Waals surface area contributed by atoms with Gasteiger partial charge in [-0.1, -0.05) is 242 Å². The predicted octanol–water partition coefficient (Wildman–Crippen LogP) is 9.94. The molecule has 91 heavy (non-hydrogen) atoms. The number of allylic oxidation sites excluding steroid dienone is 9. The third-order valence-corrected chi connectivity index (χ3v) is 17.8. The average molecular weight is 1300 g/mol. The monoisotopic (exact) mass is 1300 g/mol. The lowest BCUT2D eigenvalue weighted by molar-refractivity contribution is -0.379. The highest BCUT2D eigenvalue weighted by molar-refractivity contribution is 5.76. The van der Waals surface area contributed by atoms with Crippen molar-refractivity contribution in [2.45, 2.75) is 362 Å². The molecule has 3 aliphatic rings. The van der Waals surface area contributed by atoms with Crippen molar-refractivity contribution in [3.8, 4) is 0 Å². The second kappa shape index (κ2) is 53.6. The van der Waals surface area contributed by atoms with Gasteiger partial charge in [-0.15, -0.1) is 0 Å². The van der Waals surface area contributed by atoms with E-state index in [-0.39, 0.29) is 18.9 Å². The van der Waals surface area contributed by atoms with Crippen LogP contribution >= 0.6 is 0 Å². The minimum Gasteiger partial charge on any atom is -0.394 e. The molecule has 3 heterocycles. The number of ether oxygens (including phenoxy) is 6. The number of carbonyl (C=O) groups is 1. The molecular formula is C72H129NO18. The van der Waals surface area contributed by atoms with E-state index in [1.54, 1.807) is 6.08 Å². The van der Waals surface area contributed by atoms with Crippen molar-refractivity contribution in [1.82, 2.24) is 5.32 Å². The van der Waals surface area contributed by atoms with Crippen LogP contribution in [0.4, 0.5) is 0 Å². The first-order valence-electron chi connectivity index (χ1n) is 36.0. The van der Waals surface area contributed by atoms with E-state index in [2.05, 4.69) is 67.8 Å². The molecule has 0 aromatic heterocycles. The zero-order valence-electron chi connectivity index (χ0n) is 56.1. The zero-order valence-corrected chi connectivity index (χ0v) is 56.1. The number of nitrogens with one attached hydrogen (secondary N) is 1. The topological polar surface area (TPSA) is 307 Å². The van der Waals surface area contributed by atoms with Gasteiger partial charge in [0.15, 0.2) is 18.9 Å². The summed E-state index contributed by atoms with van der Waals surface area (Å²) in [4.78, 5) is 13.4. The summed E-state index contributed by atoms with van der Waals surface area (Å²) in [6, 6.07) is -0.989. The van der Waals surface area contributed by atoms with E-state index >= 15 is 0 Å². The Labute approximate surface area is 547 Å². The van der Waals surface area contributed by atoms with Gasteiger partial charge in [-0.2, -0.15) is 0 Å². The van der Waals surface area contributed by atoms with Crippen molar-refractivity contribution < 1.29 is 89.4 Å². The van der Waals surface area contributed by atoms with Gasteiger partial charge >= 0.3 is 0 Å². The van der Waals surface area contributed by atoms with Gasteiger partial charge in [0, 0.05) is 6.42 Å². The van der Waals surface area contributed by atoms with Crippen LogP contribution < -0.4 is 5.32 Å². The molecule has 0 bridgehead atoms. The molecule has 3 fully saturated rings. The van der Waals surface area contributed by atoms with Crippen molar-refractivity contribution in [3.05, 3.63) is 60.8 Å². The molecule has 1 amide bonds. The van der Waals surface area contributed by atoms with Crippen molar-refractivity contribution in [2.24, 2.45) is 0 Å². The maximum atomic E-state index is 13.4. The van der Waals surface area contributed by atoms with Gasteiger partial charge in [0.1, 0.15) is 73.2 Å². The summed E-state index contributed by atoms with van der Waals surface area (Å²) in [6.07, 6.45) is 39.6. The van der Waals surface area contributed by atoms with Crippen LogP contribution in [-0.2, 0) is 33.2 Å². The van der Waals surface area contributed by atoms with Gasteiger partial charge in [-0.25, -0.2) is 0 Å². The first-order chi connectivity index (χ1) is 44.3. The maximum absolute atomic E-state index is 13.4. The maximum Gasteiger partial charge on any atom is 0.220 e. The van der Waals surface area contributed by atoms with Crippen LogP contribution in [0.3, 0.4) is 0 Å². The fourth-order valence-electron chi connectivity index (χ4n) is 11.9. The molecule has 0 radical (unpaired) electrons. The number of hydrogen-bond donors (Lipinski definition) is 12. The molecule has 0 aliphatic carbocycles. The van der Waals surface area contributed by atoms with Crippen molar-refractivity contribution in [3.63, 3.8) is 0 Å². The SMILES string of the molecule is CCCCCCC/C=C\C/C=C\C/C=C\CCCCCCCCCCCCCCCCCCCCCCC(=O)NC(COC1OC(CO)C(OC2OC(CO)C(OC3OC(CO)C(O)C(O)C3O)C(O)C2O)C(O)C1O)C(O)/C=C/CC/C=C/CCCCCCC. The van der Waals surface area contributed by atoms with Crippen molar-refractivity contribution in [2.75, 3.05) is 26.4 Å². The van der Waals surface area contributed by atoms with Crippen LogP contribution in [0.5, 0.6) is 0 Å². The molecule has 0 aromatic rings. The van der Waals surface area contributed by atoms with Gasteiger partial charge in [-0.3, -0.25) is 4.79 Å². The Morgan fingerprint density at radius 3 is 1.18 bits per heavy atom. The van der Waals surface area contributed by atoms with E-state index in [1.165, 1.54) is 173 Å². The summed E-state index contributed by atoms with van der Waals surface area (Å²) in [5.74, 6) is -0.286. The van der Waals surface area contributed by atoms with Crippen molar-refractivity contribution >= 4 is 5.91 Å². The second-order valence-corrected chi connectivity index (χ2v) is 25.7. The fraction of sp³-hybridized carbons (Fsp3) is 0.847. The average Bonchev–Trinajstić information content (AvgIpc) is 1.05. The van der Waals surface area contributed by atoms with Crippen LogP contribution in [0.1, 0.15) is 258 Å². The number of aliphatic hydroxyl groups excluding tert-OH is 11. The summed E-state index contributed by atoms with van der Waals surface area (Å²) in [5, 5.41) is 120. The third-order valence-electron chi connectivity index (χ3n) is 17.8. The van der Waals surface area contributed by atoms with Crippen LogP contribution in [0, 0.1) is 0 Å². The smallest absolute Gasteiger partial charge is 0.220 e. The van der Waals surface area contributed by atoms with E-state index in [9.17, 15) is 61.0 Å². The zero-order chi connectivity index (χ0) is 66.1. The molecule has 17 atom stereocenters. The van der Waals surface area contributed by atoms with Crippen LogP contribution in [-0.4, -0.2) is 193 Å². The summed E-state index contributed by atoms with van der Waals surface area (Å²) in [6.45, 7) is 1.67. The first kappa shape index (κ1) is 82.7. The Morgan fingerprint density at radius 2 is 0.736 bits per heavy atom. The minimum absolute atomic E-state index is 0.236. The van der Waals surface area contributed by atoms with Gasteiger partial charge in [0.05, 0.1) is 38.6 Å². The molecular weight excluding hydrogens is 1170 g/mol. The van der Waals surface area contributed by atoms with Crippen LogP contribution in [0.25, 0.3) is 0 Å². The summed E-state index contributed by atoms with van der Waals surface area (Å²) >= 11 is 0. The molecule has 3 rings (SSSR count). The van der Waals surface area contributed by atoms with Crippen LogP contribution in [0.2, 0.25) is 0 Å². The number of carbonyl (C=O) groups excluding carboxylic acids is 1. The summed E-state index contributed by atoms with van der Waals surface area (Å²) in [7, 11) is 0. The number of amides is 1. The molecule has 3 aliphatic heterocycles. The van der Waals surface area contributed by atoms with Gasteiger partial charge < -0.3 is 89.9 Å². The normalized spacial score (nSPS) is 28.2. The Hall–Kier alpha value is -2.51. The molecule has 17 unspecified atom stereocenters. The van der Waals surface area contributed by atoms with E-state index in [1.807, 2.05) is 6.08 Å². The molecule has 19 heteroatoms. The summed E-state index contributed by atoms with van der Waals surface area (Å²) < 4.78 is 34.3. The minimum atomic E-state index is -1.98. The van der Waals surface area contributed by atoms with Crippen molar-refractivity contribution in [1.29, 1.82) is 0 Å². The number of unbranched alkanes of at least 4 members (excludes halogenated alkanes) is 31. The highest BCUT2D eigenvalue weighted by atomic mass is 16.8. The molecule has 0 saturated carbocycles. The van der Waals surface area contributed by atoms with Crippen LogP contribution in [0.15, 0.2) is 60.8 Å². The fourth-order valence-corrected chi connectivity index (χ4v) is 11.9. The van der Waals surface area contributed by atoms with E-state index in [4.69, 9.17) is 28.4 Å². The molecule has 0 aromatic carbocycles. The number of aliphatic hydroxyl groups is 11. The van der Waals surface area contributed by atoms with E-state index < -0.39 is 124 Å². The lowest BCUT2D eigenvalue weighted by atomic mass is 9.96. The first-order valence-corrected chi connectivity index (χ1v) is 36.0. The lowest BCUT2D eigenvalue weighted by Gasteiger charge is -2.48. The standard InChI is InChI=1S/C72H129NO18/c1-3-5-7-9-11-13-15-16-17-18-19-20-21-22-23-24-25-26-27-28-29-30-31-32-33-34-35-36-37-38-40-42-44-46-48-50-60(78)73-55(56(77)49-47-45-43-41-39-14-12-10-8-6-4-2)54-86-70-66(84)63(81)68(58(52-75)88-70)91-72-67(85)64(82)69(59(53-76)89-72)90-71-65(83)62(80)61(79)57(51-74)87-71/h15-16,18-19,21-22,39,41,47,49,55-59,61-72,74-77,79-85H,3-14,17,20,23-38,40,42-46,48,50-54H2,1-2H3,(H,73,78)/b16-15-,19-18-,22-21-,41-39+,49-47+. The Balaban J connectivity index is 1.32. The number of rotatable bonds is 55. The quantitative estimate of drug-likeness (QED) is 0.0199. The highest BCUT2D eigenvalue weighted by Crippen LogP contribution is 2.33. The van der Waals surface area contributed by atoms with Gasteiger partial charge in [0.25, 0.3) is 0 Å². The Bertz CT molecular complexity index is 1890. The molecule has 12 N–H and O–H groups in total. The summed E-state index contributed by atoms with van der Waals surface area (Å²) in [5.41, 5.74) is 0. The molecule has 19 nitrogen and oxygen atoms in total. The largest absolute Gasteiger partial charge is 0.394 e. The number of hydrogen-bond acceptors (Lipinski definition) is 18. The van der Waals surface area contributed by atoms with E-state index in [0.29, 0.717) is 12.8 Å². The third kappa shape index (κ3) is 35.4. The lowest BCUT2D eigenvalue weighted by Crippen LogP contribution is -2.66.